The summed E-state index contributed by atoms with van der Waals surface area (Å²) in [6, 6.07) is 3.03. The maximum atomic E-state index is 10.6. The van der Waals surface area contributed by atoms with Gasteiger partial charge in [0.1, 0.15) is 0 Å². The third kappa shape index (κ3) is 1.40. The van der Waals surface area contributed by atoms with Crippen molar-refractivity contribution < 1.29 is 4.92 Å². The zero-order valence-electron chi connectivity index (χ0n) is 7.15. The fraction of sp³-hybridized carbons (Fsp3) is 0.125. The van der Waals surface area contributed by atoms with Crippen molar-refractivity contribution in [2.45, 2.75) is 6.92 Å². The lowest BCUT2D eigenvalue weighted by Crippen LogP contribution is -1.87. The van der Waals surface area contributed by atoms with Gasteiger partial charge in [0.05, 0.1) is 14.9 Å². The topological polar surface area (TPSA) is 56.0 Å². The molecule has 0 saturated heterocycles. The monoisotopic (exact) mass is 272 g/mol. The van der Waals surface area contributed by atoms with Crippen LogP contribution in [0.25, 0.3) is 10.9 Å². The van der Waals surface area contributed by atoms with Gasteiger partial charge in [-0.25, -0.2) is 0 Å². The van der Waals surface area contributed by atoms with Crippen LogP contribution in [0.3, 0.4) is 0 Å². The second-order valence-corrected chi connectivity index (χ2v) is 4.65. The molecule has 0 spiro atoms. The molecule has 0 unspecified atom stereocenters. The largest absolute Gasteiger partial charge is 0.271 e. The first-order chi connectivity index (χ1) is 6.59. The van der Waals surface area contributed by atoms with Crippen LogP contribution in [0.15, 0.2) is 16.6 Å². The summed E-state index contributed by atoms with van der Waals surface area (Å²) in [5.74, 6) is 0. The minimum Gasteiger partial charge on any atom is -0.258 e. The fourth-order valence-corrected chi connectivity index (χ4v) is 2.55. The van der Waals surface area contributed by atoms with E-state index in [0.717, 1.165) is 15.8 Å². The van der Waals surface area contributed by atoms with Crippen LogP contribution in [-0.2, 0) is 0 Å². The van der Waals surface area contributed by atoms with E-state index in [1.54, 1.807) is 6.07 Å². The van der Waals surface area contributed by atoms with E-state index in [1.165, 1.54) is 17.6 Å². The molecule has 0 aliphatic heterocycles. The lowest BCUT2D eigenvalue weighted by molar-refractivity contribution is -0.384. The zero-order valence-corrected chi connectivity index (χ0v) is 9.55. The van der Waals surface area contributed by atoms with Gasteiger partial charge in [0, 0.05) is 22.4 Å². The molecule has 0 atom stereocenters. The maximum absolute atomic E-state index is 10.6. The Bertz CT molecular complexity index is 523. The van der Waals surface area contributed by atoms with E-state index < -0.39 is 4.92 Å². The van der Waals surface area contributed by atoms with Crippen molar-refractivity contribution in [3.05, 3.63) is 31.6 Å². The highest BCUT2D eigenvalue weighted by Gasteiger charge is 2.13. The van der Waals surface area contributed by atoms with Gasteiger partial charge in [0.15, 0.2) is 0 Å². The number of aryl methyl sites for hydroxylation is 1. The fourth-order valence-electron chi connectivity index (χ4n) is 1.21. The smallest absolute Gasteiger partial charge is 0.258 e. The molecule has 1 aromatic carbocycles. The molecule has 6 heteroatoms. The van der Waals surface area contributed by atoms with Crippen molar-refractivity contribution in [2.75, 3.05) is 0 Å². The van der Waals surface area contributed by atoms with Crippen LogP contribution in [0.2, 0.25) is 0 Å². The average Bonchev–Trinajstić information content (AvgIpc) is 2.48. The van der Waals surface area contributed by atoms with E-state index in [-0.39, 0.29) is 5.69 Å². The lowest BCUT2D eigenvalue weighted by atomic mass is 10.2. The number of nitrogens with zero attached hydrogens (tertiary/aromatic N) is 2. The van der Waals surface area contributed by atoms with Crippen LogP contribution in [0.4, 0.5) is 5.69 Å². The summed E-state index contributed by atoms with van der Waals surface area (Å²) in [5.41, 5.74) is 0.880. The molecule has 2 aromatic rings. The Labute approximate surface area is 92.0 Å². The molecule has 0 aliphatic rings. The highest BCUT2D eigenvalue weighted by molar-refractivity contribution is 9.10. The highest BCUT2D eigenvalue weighted by Crippen LogP contribution is 2.32. The Morgan fingerprint density at radius 3 is 2.93 bits per heavy atom. The predicted molar refractivity (Wildman–Crippen MR) is 58.7 cm³/mol. The van der Waals surface area contributed by atoms with Crippen molar-refractivity contribution in [2.24, 2.45) is 0 Å². The van der Waals surface area contributed by atoms with Gasteiger partial charge in [-0.2, -0.15) is 4.37 Å². The minimum absolute atomic E-state index is 0.0904. The second kappa shape index (κ2) is 3.29. The summed E-state index contributed by atoms with van der Waals surface area (Å²) in [7, 11) is 0. The molecule has 1 heterocycles. The Morgan fingerprint density at radius 2 is 2.29 bits per heavy atom. The molecule has 1 aromatic heterocycles. The van der Waals surface area contributed by atoms with Gasteiger partial charge < -0.3 is 0 Å². The maximum Gasteiger partial charge on any atom is 0.271 e. The molecule has 0 saturated carbocycles. The summed E-state index contributed by atoms with van der Waals surface area (Å²) in [4.78, 5) is 11.2. The molecule has 0 N–H and O–H groups in total. The highest BCUT2D eigenvalue weighted by atomic mass is 79.9. The van der Waals surface area contributed by atoms with Gasteiger partial charge in [0.25, 0.3) is 5.69 Å². The van der Waals surface area contributed by atoms with Crippen LogP contribution in [0.5, 0.6) is 0 Å². The zero-order chi connectivity index (χ0) is 10.3. The number of benzene rings is 1. The summed E-state index contributed by atoms with van der Waals surface area (Å²) in [6.07, 6.45) is 0. The van der Waals surface area contributed by atoms with E-state index in [2.05, 4.69) is 20.3 Å². The van der Waals surface area contributed by atoms with Gasteiger partial charge in [-0.3, -0.25) is 10.1 Å². The average molecular weight is 273 g/mol. The van der Waals surface area contributed by atoms with Crippen LogP contribution < -0.4 is 0 Å². The molecule has 72 valence electrons. The first kappa shape index (κ1) is 9.54. The van der Waals surface area contributed by atoms with Gasteiger partial charge in [-0.05, 0) is 34.4 Å². The Balaban J connectivity index is 2.82. The number of hydrogen-bond donors (Lipinski definition) is 0. The van der Waals surface area contributed by atoms with Gasteiger partial charge >= 0.3 is 0 Å². The quantitative estimate of drug-likeness (QED) is 0.591. The number of halogens is 1. The van der Waals surface area contributed by atoms with Crippen molar-refractivity contribution in [3.63, 3.8) is 0 Å². The molecule has 4 nitrogen and oxygen atoms in total. The molecule has 0 aliphatic carbocycles. The molecule has 0 radical (unpaired) electrons. The molecular formula is C8H5BrN2O2S. The van der Waals surface area contributed by atoms with Gasteiger partial charge in [0.2, 0.25) is 0 Å². The van der Waals surface area contributed by atoms with E-state index in [9.17, 15) is 10.1 Å². The predicted octanol–water partition coefficient (Wildman–Crippen LogP) is 3.28. The third-order valence-electron chi connectivity index (χ3n) is 1.91. The summed E-state index contributed by atoms with van der Waals surface area (Å²) < 4.78 is 4.86. The third-order valence-corrected chi connectivity index (χ3v) is 3.28. The number of non-ortho nitro benzene ring substituents is 1. The normalized spacial score (nSPS) is 10.7. The van der Waals surface area contributed by atoms with Crippen molar-refractivity contribution >= 4 is 44.1 Å². The van der Waals surface area contributed by atoms with Crippen LogP contribution in [-0.4, -0.2) is 9.30 Å². The molecule has 0 amide bonds. The summed E-state index contributed by atoms with van der Waals surface area (Å²) in [5, 5.41) is 11.4. The van der Waals surface area contributed by atoms with Gasteiger partial charge in [-0.15, -0.1) is 0 Å². The van der Waals surface area contributed by atoms with E-state index in [1.807, 2.05) is 6.92 Å². The Morgan fingerprint density at radius 1 is 1.57 bits per heavy atom. The number of nitro benzene ring substituents is 1. The first-order valence-electron chi connectivity index (χ1n) is 3.79. The Kier molecular flexibility index (Phi) is 2.24. The van der Waals surface area contributed by atoms with E-state index in [4.69, 9.17) is 0 Å². The Hall–Kier alpha value is -1.01. The molecular weight excluding hydrogens is 268 g/mol. The first-order valence-corrected chi connectivity index (χ1v) is 5.36. The SMILES string of the molecule is Cc1snc2c(Br)cc([N+](=O)[O-])cc12. The molecule has 14 heavy (non-hydrogen) atoms. The summed E-state index contributed by atoms with van der Waals surface area (Å²) >= 11 is 4.62. The minimum atomic E-state index is -0.401. The number of nitro groups is 1. The molecule has 2 rings (SSSR count). The number of hydrogen-bond acceptors (Lipinski definition) is 4. The summed E-state index contributed by atoms with van der Waals surface area (Å²) in [6.45, 7) is 1.90. The van der Waals surface area contributed by atoms with Gasteiger partial charge in [-0.1, -0.05) is 0 Å². The van der Waals surface area contributed by atoms with Crippen LogP contribution >= 0.6 is 27.5 Å². The van der Waals surface area contributed by atoms with Crippen LogP contribution in [0.1, 0.15) is 4.88 Å². The van der Waals surface area contributed by atoms with Crippen LogP contribution in [0, 0.1) is 17.0 Å². The molecule has 0 bridgehead atoms. The van der Waals surface area contributed by atoms with E-state index >= 15 is 0 Å². The number of rotatable bonds is 1. The lowest BCUT2D eigenvalue weighted by Gasteiger charge is -1.95. The molecule has 0 fully saturated rings. The van der Waals surface area contributed by atoms with E-state index in [0.29, 0.717) is 4.47 Å². The second-order valence-electron chi connectivity index (χ2n) is 2.82. The standard InChI is InChI=1S/C8H5BrN2O2S/c1-4-6-2-5(11(12)13)3-7(9)8(6)10-14-4/h2-3H,1H3. The van der Waals surface area contributed by atoms with Crippen molar-refractivity contribution in [1.82, 2.24) is 4.37 Å². The van der Waals surface area contributed by atoms with Crippen molar-refractivity contribution in [1.29, 1.82) is 0 Å². The number of fused-ring (bicyclic) bond motifs is 1. The van der Waals surface area contributed by atoms with Crippen molar-refractivity contribution in [3.8, 4) is 0 Å². The number of aromatic nitrogens is 1.